The minimum Gasteiger partial charge on any atom is -0.524 e. The maximum absolute atomic E-state index is 8.78. The zero-order chi connectivity index (χ0) is 3.58. The molecule has 0 aromatic carbocycles. The van der Waals surface area contributed by atoms with E-state index in [9.17, 15) is 0 Å². The molecule has 0 fully saturated rings. The van der Waals surface area contributed by atoms with Gasteiger partial charge in [0.1, 0.15) is 0 Å². The summed E-state index contributed by atoms with van der Waals surface area (Å²) in [5, 5.41) is 7.19. The third kappa shape index (κ3) is 37.9. The van der Waals surface area contributed by atoms with Gasteiger partial charge in [-0.1, -0.05) is 0 Å². The largest absolute Gasteiger partial charge is 1.00 e. The van der Waals surface area contributed by atoms with E-state index in [1.54, 1.807) is 0 Å². The van der Waals surface area contributed by atoms with Crippen molar-refractivity contribution in [3.05, 3.63) is 0 Å². The number of hydrogen-bond donors (Lipinski definition) is 1. The Bertz CT molecular complexity index is 32.6. The molecule has 0 aromatic rings. The van der Waals surface area contributed by atoms with Gasteiger partial charge >= 0.3 is 51.4 Å². The van der Waals surface area contributed by atoms with Crippen molar-refractivity contribution in [2.24, 2.45) is 0 Å². The minimum atomic E-state index is -1.33. The average Bonchev–Trinajstić information content (AvgIpc) is 0.811. The Morgan fingerprint density at radius 1 is 1.80 bits per heavy atom. The summed E-state index contributed by atoms with van der Waals surface area (Å²) >= 11 is 0. The van der Waals surface area contributed by atoms with Gasteiger partial charge in [0.25, 0.3) is 0 Å². The summed E-state index contributed by atoms with van der Waals surface area (Å²) in [5.41, 5.74) is 0. The number of rotatable bonds is 0. The van der Waals surface area contributed by atoms with E-state index in [1.165, 1.54) is 0 Å². The molecule has 0 heterocycles. The molecule has 0 saturated heterocycles. The second-order valence-corrected chi connectivity index (χ2v) is 0.338. The van der Waals surface area contributed by atoms with Crippen LogP contribution in [-0.2, 0) is 0 Å². The smallest absolute Gasteiger partial charge is 0.524 e. The molecule has 0 rings (SSSR count). The Kier molecular flexibility index (Phi) is 9.81. The van der Waals surface area contributed by atoms with Crippen molar-refractivity contribution in [2.45, 2.75) is 0 Å². The summed E-state index contributed by atoms with van der Waals surface area (Å²) < 4.78 is 0. The van der Waals surface area contributed by atoms with Gasteiger partial charge < -0.3 is 17.7 Å². The number of carboxylic acid groups (broad SMARTS) is 1. The van der Waals surface area contributed by atoms with Crippen molar-refractivity contribution in [1.82, 2.24) is 0 Å². The fourth-order valence-electron chi connectivity index (χ4n) is 0. The van der Waals surface area contributed by atoms with Crippen LogP contribution in [0, 0.1) is 0 Å². The van der Waals surface area contributed by atoms with Gasteiger partial charge in [-0.05, 0) is 0 Å². The molecule has 3 radical (unpaired) electrons. The first-order valence-corrected chi connectivity index (χ1v) is 0.716. The first-order valence-electron chi connectivity index (χ1n) is 0.716. The molecular formula is CHBKO2. The monoisotopic (exact) mass is 95.0 g/mol. The van der Waals surface area contributed by atoms with Crippen molar-refractivity contribution < 1.29 is 61.3 Å². The molecule has 21 valence electrons. The molecule has 0 aliphatic heterocycles. The Balaban J connectivity index is 0. The van der Waals surface area contributed by atoms with E-state index in [-0.39, 0.29) is 51.4 Å². The zero-order valence-electron chi connectivity index (χ0n) is 2.93. The van der Waals surface area contributed by atoms with E-state index in [0.717, 1.165) is 0 Å². The molecule has 1 N–H and O–H groups in total. The maximum atomic E-state index is 8.78. The van der Waals surface area contributed by atoms with Crippen molar-refractivity contribution in [3.8, 4) is 0 Å². The molecule has 4 heteroatoms. The van der Waals surface area contributed by atoms with Crippen LogP contribution in [0.25, 0.3) is 0 Å². The van der Waals surface area contributed by atoms with Gasteiger partial charge in [0.15, 0.2) is 0 Å². The van der Waals surface area contributed by atoms with Crippen LogP contribution in [0.3, 0.4) is 0 Å². The van der Waals surface area contributed by atoms with Crippen LogP contribution in [0.15, 0.2) is 0 Å². The van der Waals surface area contributed by atoms with Gasteiger partial charge in [0.2, 0.25) is 0 Å². The van der Waals surface area contributed by atoms with Crippen molar-refractivity contribution in [2.75, 3.05) is 0 Å². The summed E-state index contributed by atoms with van der Waals surface area (Å²) in [4.78, 5) is 8.78. The molecule has 0 aliphatic rings. The maximum Gasteiger partial charge on any atom is 1.00 e. The quantitative estimate of drug-likeness (QED) is 0.322. The van der Waals surface area contributed by atoms with Crippen molar-refractivity contribution in [3.63, 3.8) is 0 Å². The Morgan fingerprint density at radius 2 is 1.80 bits per heavy atom. The number of carbonyl (C=O) groups is 1. The zero-order valence-corrected chi connectivity index (χ0v) is 6.06. The minimum absolute atomic E-state index is 0. The Morgan fingerprint density at radius 3 is 1.80 bits per heavy atom. The topological polar surface area (TPSA) is 37.3 Å². The summed E-state index contributed by atoms with van der Waals surface area (Å²) in [6.45, 7) is 0. The standard InChI is InChI=1S/CHBO2.K/c2-1(3)4;/h(H,3,4);/q-1;+1. The summed E-state index contributed by atoms with van der Waals surface area (Å²) in [7, 11) is 4.03. The number of hydrogen-bond acceptors (Lipinski definition) is 1. The van der Waals surface area contributed by atoms with E-state index < -0.39 is 5.87 Å². The molecule has 0 aromatic heterocycles. The fraction of sp³-hybridized carbons (Fsp3) is 0. The molecule has 0 saturated carbocycles. The third-order valence-corrected chi connectivity index (χ3v) is 0. The SMILES string of the molecule is [B-]C(=O)O.[K+]. The van der Waals surface area contributed by atoms with Gasteiger partial charge in [-0.15, -0.1) is 0 Å². The van der Waals surface area contributed by atoms with E-state index in [1.807, 2.05) is 0 Å². The van der Waals surface area contributed by atoms with Crippen molar-refractivity contribution in [1.29, 1.82) is 0 Å². The van der Waals surface area contributed by atoms with Crippen LogP contribution in [0.1, 0.15) is 0 Å². The van der Waals surface area contributed by atoms with Crippen LogP contribution >= 0.6 is 0 Å². The van der Waals surface area contributed by atoms with Crippen LogP contribution in [-0.4, -0.2) is 18.8 Å². The first-order chi connectivity index (χ1) is 1.73. The predicted molar refractivity (Wildman–Crippen MR) is 13.8 cm³/mol. The normalized spacial score (nSPS) is 5.00. The fourth-order valence-corrected chi connectivity index (χ4v) is 0. The molecule has 5 heavy (non-hydrogen) atoms. The second-order valence-electron chi connectivity index (χ2n) is 0.338. The van der Waals surface area contributed by atoms with Crippen LogP contribution < -0.4 is 51.4 Å². The molecule has 0 unspecified atom stereocenters. The van der Waals surface area contributed by atoms with E-state index in [4.69, 9.17) is 9.90 Å². The molecule has 2 nitrogen and oxygen atoms in total. The summed E-state index contributed by atoms with van der Waals surface area (Å²) in [6.07, 6.45) is 0. The molecule has 0 bridgehead atoms. The van der Waals surface area contributed by atoms with Crippen LogP contribution in [0.2, 0.25) is 0 Å². The van der Waals surface area contributed by atoms with Crippen LogP contribution in [0.4, 0.5) is 4.79 Å². The van der Waals surface area contributed by atoms with Gasteiger partial charge in [0, 0.05) is 5.87 Å². The van der Waals surface area contributed by atoms with E-state index >= 15 is 0 Å². The van der Waals surface area contributed by atoms with Crippen LogP contribution in [0.5, 0.6) is 0 Å². The second kappa shape index (κ2) is 5.17. The molecular weight excluding hydrogens is 93.9 g/mol. The van der Waals surface area contributed by atoms with E-state index in [2.05, 4.69) is 7.85 Å². The van der Waals surface area contributed by atoms with Gasteiger partial charge in [-0.3, -0.25) is 0 Å². The third-order valence-electron chi connectivity index (χ3n) is 0. The summed E-state index contributed by atoms with van der Waals surface area (Å²) in [6, 6.07) is 0. The molecule has 0 atom stereocenters. The summed E-state index contributed by atoms with van der Waals surface area (Å²) in [5.74, 6) is -1.33. The van der Waals surface area contributed by atoms with Crippen molar-refractivity contribution >= 4 is 13.7 Å². The molecule has 0 aliphatic carbocycles. The molecule has 0 amide bonds. The predicted octanol–water partition coefficient (Wildman–Crippen LogP) is -3.16. The Labute approximate surface area is 73.8 Å². The molecule has 0 spiro atoms. The van der Waals surface area contributed by atoms with E-state index in [0.29, 0.717) is 0 Å². The first kappa shape index (κ1) is 9.48. The Hall–Kier alpha value is 1.17. The average molecular weight is 94.9 g/mol. The van der Waals surface area contributed by atoms with Gasteiger partial charge in [-0.2, -0.15) is 0 Å². The van der Waals surface area contributed by atoms with Gasteiger partial charge in [0.05, 0.1) is 0 Å². The van der Waals surface area contributed by atoms with Gasteiger partial charge in [-0.25, -0.2) is 0 Å².